The van der Waals surface area contributed by atoms with E-state index in [0.29, 0.717) is 0 Å². The van der Waals surface area contributed by atoms with Crippen molar-refractivity contribution in [3.8, 4) is 0 Å². The van der Waals surface area contributed by atoms with E-state index >= 15 is 0 Å². The van der Waals surface area contributed by atoms with Gasteiger partial charge >= 0.3 is 0 Å². The van der Waals surface area contributed by atoms with Crippen LogP contribution in [0.3, 0.4) is 0 Å². The summed E-state index contributed by atoms with van der Waals surface area (Å²) in [4.78, 5) is 0. The van der Waals surface area contributed by atoms with Gasteiger partial charge in [0.05, 0.1) is 6.04 Å². The molecule has 0 bridgehead atoms. The van der Waals surface area contributed by atoms with Crippen molar-refractivity contribution < 1.29 is 5.11 Å². The second-order valence-corrected chi connectivity index (χ2v) is 2.45. The zero-order chi connectivity index (χ0) is 6.85. The van der Waals surface area contributed by atoms with Gasteiger partial charge in [-0.25, -0.2) is 0 Å². The lowest BCUT2D eigenvalue weighted by Gasteiger charge is -2.05. The van der Waals surface area contributed by atoms with Gasteiger partial charge in [0.15, 0.2) is 0 Å². The van der Waals surface area contributed by atoms with E-state index in [-0.39, 0.29) is 17.8 Å². The fourth-order valence-electron chi connectivity index (χ4n) is 1.02. The molecule has 0 unspecified atom stereocenters. The summed E-state index contributed by atoms with van der Waals surface area (Å²) in [6.45, 7) is 4.19. The van der Waals surface area contributed by atoms with Crippen molar-refractivity contribution in [2.75, 3.05) is 6.54 Å². The Balaban J connectivity index is 2.39. The molecule has 1 fully saturated rings. The van der Waals surface area contributed by atoms with Crippen LogP contribution in [0.4, 0.5) is 0 Å². The minimum absolute atomic E-state index is 0.0278. The third-order valence-electron chi connectivity index (χ3n) is 1.57. The fourth-order valence-corrected chi connectivity index (χ4v) is 1.02. The summed E-state index contributed by atoms with van der Waals surface area (Å²) in [5, 5.41) is 11.9. The Kier molecular flexibility index (Phi) is 1.73. The quantitative estimate of drug-likeness (QED) is 0.427. The molecule has 0 amide bonds. The standard InChI is InChI=1S/C6H12N2O/c1-4(9)6-2-5(7)3-8-6/h5-6,8-9H,1-3,7H2/t5-,6+/m1/s1. The third kappa shape index (κ3) is 1.43. The predicted octanol–water partition coefficient (Wildman–Crippen LogP) is -0.253. The molecule has 1 saturated heterocycles. The highest BCUT2D eigenvalue weighted by Gasteiger charge is 2.22. The van der Waals surface area contributed by atoms with Crippen LogP contribution in [0.25, 0.3) is 0 Å². The first-order valence-electron chi connectivity index (χ1n) is 3.07. The Morgan fingerprint density at radius 3 is 2.67 bits per heavy atom. The molecule has 1 aliphatic rings. The van der Waals surface area contributed by atoms with Crippen LogP contribution in [0.5, 0.6) is 0 Å². The topological polar surface area (TPSA) is 58.3 Å². The maximum atomic E-state index is 8.86. The Hall–Kier alpha value is -0.540. The third-order valence-corrected chi connectivity index (χ3v) is 1.57. The summed E-state index contributed by atoms with van der Waals surface area (Å²) in [6.07, 6.45) is 0.801. The van der Waals surface area contributed by atoms with Crippen LogP contribution in [0.2, 0.25) is 0 Å². The maximum absolute atomic E-state index is 8.86. The van der Waals surface area contributed by atoms with E-state index in [4.69, 9.17) is 10.8 Å². The lowest BCUT2D eigenvalue weighted by molar-refractivity contribution is 0.357. The molecule has 1 aliphatic heterocycles. The normalized spacial score (nSPS) is 34.8. The van der Waals surface area contributed by atoms with Crippen molar-refractivity contribution >= 4 is 0 Å². The SMILES string of the molecule is C=C(O)[C@@H]1C[C@@H](N)CN1. The molecule has 0 aromatic rings. The second-order valence-electron chi connectivity index (χ2n) is 2.45. The zero-order valence-corrected chi connectivity index (χ0v) is 5.30. The highest BCUT2D eigenvalue weighted by molar-refractivity contribution is 5.00. The number of aliphatic hydroxyl groups excluding tert-OH is 1. The van der Waals surface area contributed by atoms with Crippen LogP contribution in [-0.4, -0.2) is 23.7 Å². The minimum atomic E-state index is 0.0278. The van der Waals surface area contributed by atoms with Crippen LogP contribution >= 0.6 is 0 Å². The van der Waals surface area contributed by atoms with Crippen LogP contribution in [0, 0.1) is 0 Å². The molecule has 4 N–H and O–H groups in total. The molecule has 1 heterocycles. The first-order chi connectivity index (χ1) is 4.20. The molecule has 0 saturated carbocycles. The molecular formula is C6H12N2O. The predicted molar refractivity (Wildman–Crippen MR) is 36.2 cm³/mol. The second kappa shape index (κ2) is 2.37. The van der Waals surface area contributed by atoms with E-state index in [9.17, 15) is 0 Å². The van der Waals surface area contributed by atoms with Crippen LogP contribution in [0.1, 0.15) is 6.42 Å². The van der Waals surface area contributed by atoms with Crippen LogP contribution in [-0.2, 0) is 0 Å². The molecule has 9 heavy (non-hydrogen) atoms. The van der Waals surface area contributed by atoms with Crippen molar-refractivity contribution in [3.05, 3.63) is 12.3 Å². The fraction of sp³-hybridized carbons (Fsp3) is 0.667. The first kappa shape index (κ1) is 6.58. The molecule has 0 aliphatic carbocycles. The first-order valence-corrected chi connectivity index (χ1v) is 3.07. The lowest BCUT2D eigenvalue weighted by atomic mass is 10.2. The molecule has 3 heteroatoms. The lowest BCUT2D eigenvalue weighted by Crippen LogP contribution is -2.24. The van der Waals surface area contributed by atoms with Gasteiger partial charge in [0, 0.05) is 12.6 Å². The number of hydrogen-bond donors (Lipinski definition) is 3. The maximum Gasteiger partial charge on any atom is 0.102 e. The molecule has 0 spiro atoms. The Labute approximate surface area is 54.6 Å². The van der Waals surface area contributed by atoms with E-state index in [0.717, 1.165) is 13.0 Å². The van der Waals surface area contributed by atoms with Gasteiger partial charge in [-0.3, -0.25) is 0 Å². The van der Waals surface area contributed by atoms with E-state index in [2.05, 4.69) is 11.9 Å². The van der Waals surface area contributed by atoms with Gasteiger partial charge in [-0.2, -0.15) is 0 Å². The van der Waals surface area contributed by atoms with Crippen molar-refractivity contribution in [3.63, 3.8) is 0 Å². The highest BCUT2D eigenvalue weighted by atomic mass is 16.3. The van der Waals surface area contributed by atoms with Gasteiger partial charge in [0.25, 0.3) is 0 Å². The summed E-state index contributed by atoms with van der Waals surface area (Å²) in [5.41, 5.74) is 5.55. The molecule has 0 aromatic heterocycles. The van der Waals surface area contributed by atoms with Crippen LogP contribution < -0.4 is 11.1 Å². The molecule has 2 atom stereocenters. The number of hydrogen-bond acceptors (Lipinski definition) is 3. The smallest absolute Gasteiger partial charge is 0.102 e. The molecule has 3 nitrogen and oxygen atoms in total. The monoisotopic (exact) mass is 128 g/mol. The summed E-state index contributed by atoms with van der Waals surface area (Å²) in [5.74, 6) is 0.197. The minimum Gasteiger partial charge on any atom is -0.511 e. The highest BCUT2D eigenvalue weighted by Crippen LogP contribution is 2.08. The van der Waals surface area contributed by atoms with Crippen LogP contribution in [0.15, 0.2) is 12.3 Å². The van der Waals surface area contributed by atoms with Crippen molar-refractivity contribution in [2.24, 2.45) is 5.73 Å². The van der Waals surface area contributed by atoms with E-state index in [1.165, 1.54) is 0 Å². The van der Waals surface area contributed by atoms with Gasteiger partial charge in [0.1, 0.15) is 5.76 Å². The number of nitrogens with one attached hydrogen (secondary N) is 1. The summed E-state index contributed by atoms with van der Waals surface area (Å²) < 4.78 is 0. The van der Waals surface area contributed by atoms with E-state index in [1.807, 2.05) is 0 Å². The zero-order valence-electron chi connectivity index (χ0n) is 5.30. The molecule has 0 aromatic carbocycles. The van der Waals surface area contributed by atoms with Gasteiger partial charge in [-0.15, -0.1) is 0 Å². The van der Waals surface area contributed by atoms with Gasteiger partial charge < -0.3 is 16.2 Å². The largest absolute Gasteiger partial charge is 0.511 e. The van der Waals surface area contributed by atoms with E-state index in [1.54, 1.807) is 0 Å². The summed E-state index contributed by atoms with van der Waals surface area (Å²) >= 11 is 0. The van der Waals surface area contributed by atoms with E-state index < -0.39 is 0 Å². The average Bonchev–Trinajstić information content (AvgIpc) is 2.14. The molecule has 1 rings (SSSR count). The Morgan fingerprint density at radius 2 is 2.44 bits per heavy atom. The molecule has 0 radical (unpaired) electrons. The van der Waals surface area contributed by atoms with Crippen molar-refractivity contribution in [1.29, 1.82) is 0 Å². The Bertz CT molecular complexity index is 124. The summed E-state index contributed by atoms with van der Waals surface area (Å²) in [7, 11) is 0. The molecule has 52 valence electrons. The molecular weight excluding hydrogens is 116 g/mol. The van der Waals surface area contributed by atoms with Gasteiger partial charge in [-0.05, 0) is 6.42 Å². The number of aliphatic hydroxyl groups is 1. The van der Waals surface area contributed by atoms with Gasteiger partial charge in [-0.1, -0.05) is 6.58 Å². The number of nitrogens with two attached hydrogens (primary N) is 1. The number of rotatable bonds is 1. The van der Waals surface area contributed by atoms with Gasteiger partial charge in [0.2, 0.25) is 0 Å². The Morgan fingerprint density at radius 1 is 1.78 bits per heavy atom. The van der Waals surface area contributed by atoms with Crippen molar-refractivity contribution in [1.82, 2.24) is 5.32 Å². The van der Waals surface area contributed by atoms with Crippen molar-refractivity contribution in [2.45, 2.75) is 18.5 Å². The average molecular weight is 128 g/mol. The summed E-state index contributed by atoms with van der Waals surface area (Å²) in [6, 6.07) is 0.207.